The van der Waals surface area contributed by atoms with Crippen LogP contribution < -0.4 is 10.6 Å². The molecular formula is C12H16N4O2S. The van der Waals surface area contributed by atoms with E-state index in [2.05, 4.69) is 20.0 Å². The molecule has 2 amide bonds. The number of carbonyl (C=O) groups is 1. The highest BCUT2D eigenvalue weighted by Crippen LogP contribution is 2.39. The predicted molar refractivity (Wildman–Crippen MR) is 70.3 cm³/mol. The average molecular weight is 280 g/mol. The Kier molecular flexibility index (Phi) is 2.70. The first-order valence-corrected chi connectivity index (χ1v) is 7.62. The summed E-state index contributed by atoms with van der Waals surface area (Å²) in [5.74, 6) is 1.40. The summed E-state index contributed by atoms with van der Waals surface area (Å²) in [7, 11) is 0. The number of aromatic nitrogens is 2. The summed E-state index contributed by atoms with van der Waals surface area (Å²) < 4.78 is 9.98. The maximum absolute atomic E-state index is 11.9. The Morgan fingerprint density at radius 1 is 1.32 bits per heavy atom. The molecule has 3 aliphatic rings. The molecule has 102 valence electrons. The Labute approximate surface area is 115 Å². The topological polar surface area (TPSA) is 76.1 Å². The van der Waals surface area contributed by atoms with Gasteiger partial charge in [0.15, 0.2) is 0 Å². The van der Waals surface area contributed by atoms with Crippen LogP contribution in [0.25, 0.3) is 0 Å². The van der Waals surface area contributed by atoms with Gasteiger partial charge in [-0.2, -0.15) is 4.37 Å². The van der Waals surface area contributed by atoms with Gasteiger partial charge in [0.1, 0.15) is 5.82 Å². The van der Waals surface area contributed by atoms with Gasteiger partial charge in [0.25, 0.3) is 0 Å². The molecule has 3 heterocycles. The van der Waals surface area contributed by atoms with E-state index >= 15 is 0 Å². The third-order valence-electron chi connectivity index (χ3n) is 4.03. The first-order valence-electron chi connectivity index (χ1n) is 6.84. The fourth-order valence-electron chi connectivity index (χ4n) is 2.88. The van der Waals surface area contributed by atoms with Crippen LogP contribution >= 0.6 is 11.5 Å². The zero-order valence-corrected chi connectivity index (χ0v) is 11.3. The SMILES string of the molecule is O=C(Nc1nc(C2CC2)ns1)N[C@@H]1C[C@@H]2CC[C@H]1O2. The molecule has 1 aromatic rings. The highest BCUT2D eigenvalue weighted by Gasteiger charge is 2.41. The van der Waals surface area contributed by atoms with Crippen molar-refractivity contribution in [3.63, 3.8) is 0 Å². The number of fused-ring (bicyclic) bond motifs is 2. The number of hydrogen-bond acceptors (Lipinski definition) is 5. The van der Waals surface area contributed by atoms with Crippen LogP contribution in [-0.2, 0) is 4.74 Å². The van der Waals surface area contributed by atoms with E-state index in [1.165, 1.54) is 24.4 Å². The minimum Gasteiger partial charge on any atom is -0.373 e. The van der Waals surface area contributed by atoms with Crippen molar-refractivity contribution in [1.29, 1.82) is 0 Å². The van der Waals surface area contributed by atoms with Crippen LogP contribution in [0.4, 0.5) is 9.93 Å². The maximum atomic E-state index is 11.9. The Hall–Kier alpha value is -1.21. The van der Waals surface area contributed by atoms with E-state index in [9.17, 15) is 4.79 Å². The van der Waals surface area contributed by atoms with Gasteiger partial charge < -0.3 is 10.1 Å². The highest BCUT2D eigenvalue weighted by atomic mass is 32.1. The van der Waals surface area contributed by atoms with Crippen molar-refractivity contribution in [2.24, 2.45) is 0 Å². The molecule has 1 aromatic heterocycles. The number of hydrogen-bond donors (Lipinski definition) is 2. The summed E-state index contributed by atoms with van der Waals surface area (Å²) in [6, 6.07) is -0.0470. The first-order chi connectivity index (χ1) is 9.28. The summed E-state index contributed by atoms with van der Waals surface area (Å²) in [5, 5.41) is 6.33. The molecule has 7 heteroatoms. The Morgan fingerprint density at radius 2 is 2.21 bits per heavy atom. The van der Waals surface area contributed by atoms with Crippen LogP contribution in [-0.4, -0.2) is 33.6 Å². The van der Waals surface area contributed by atoms with Crippen molar-refractivity contribution >= 4 is 22.7 Å². The lowest BCUT2D eigenvalue weighted by Gasteiger charge is -2.19. The number of anilines is 1. The van der Waals surface area contributed by atoms with Crippen molar-refractivity contribution in [2.75, 3.05) is 5.32 Å². The Morgan fingerprint density at radius 3 is 2.89 bits per heavy atom. The number of carbonyl (C=O) groups excluding carboxylic acids is 1. The molecule has 1 aliphatic carbocycles. The van der Waals surface area contributed by atoms with Gasteiger partial charge in [0, 0.05) is 17.5 Å². The number of amides is 2. The van der Waals surface area contributed by atoms with Crippen molar-refractivity contribution in [1.82, 2.24) is 14.7 Å². The van der Waals surface area contributed by atoms with Crippen LogP contribution in [0.2, 0.25) is 0 Å². The first kappa shape index (κ1) is 11.6. The fourth-order valence-corrected chi connectivity index (χ4v) is 3.53. The minimum atomic E-state index is -0.195. The van der Waals surface area contributed by atoms with Gasteiger partial charge in [-0.05, 0) is 32.1 Å². The van der Waals surface area contributed by atoms with E-state index in [0.717, 1.165) is 25.1 Å². The largest absolute Gasteiger partial charge is 0.373 e. The van der Waals surface area contributed by atoms with E-state index in [1.807, 2.05) is 0 Å². The second-order valence-corrected chi connectivity index (χ2v) is 6.30. The Bertz CT molecular complexity index is 502. The van der Waals surface area contributed by atoms with Crippen LogP contribution in [0.5, 0.6) is 0 Å². The zero-order chi connectivity index (χ0) is 12.8. The normalized spacial score (nSPS) is 32.5. The molecule has 2 bridgehead atoms. The quantitative estimate of drug-likeness (QED) is 0.886. The van der Waals surface area contributed by atoms with Gasteiger partial charge in [0.2, 0.25) is 5.13 Å². The molecule has 4 rings (SSSR count). The van der Waals surface area contributed by atoms with E-state index in [4.69, 9.17) is 4.74 Å². The fraction of sp³-hybridized carbons (Fsp3) is 0.750. The number of nitrogens with one attached hydrogen (secondary N) is 2. The predicted octanol–water partition coefficient (Wildman–Crippen LogP) is 1.86. The molecule has 2 saturated heterocycles. The molecule has 3 atom stereocenters. The lowest BCUT2D eigenvalue weighted by molar-refractivity contribution is 0.0984. The summed E-state index contributed by atoms with van der Waals surface area (Å²) in [4.78, 5) is 16.2. The van der Waals surface area contributed by atoms with Crippen molar-refractivity contribution in [2.45, 2.75) is 56.3 Å². The van der Waals surface area contributed by atoms with E-state index in [-0.39, 0.29) is 18.2 Å². The lowest BCUT2D eigenvalue weighted by Crippen LogP contribution is -2.43. The molecule has 0 spiro atoms. The van der Waals surface area contributed by atoms with E-state index in [0.29, 0.717) is 17.2 Å². The van der Waals surface area contributed by atoms with Crippen molar-refractivity contribution < 1.29 is 9.53 Å². The average Bonchev–Trinajstić information content (AvgIpc) is 2.83. The molecule has 6 nitrogen and oxygen atoms in total. The van der Waals surface area contributed by atoms with Gasteiger partial charge in [-0.15, -0.1) is 0 Å². The molecule has 2 aliphatic heterocycles. The Balaban J connectivity index is 1.33. The smallest absolute Gasteiger partial charge is 0.321 e. The second kappa shape index (κ2) is 4.42. The van der Waals surface area contributed by atoms with Crippen molar-refractivity contribution in [3.8, 4) is 0 Å². The number of nitrogens with zero attached hydrogens (tertiary/aromatic N) is 2. The van der Waals surface area contributed by atoms with E-state index < -0.39 is 0 Å². The molecule has 19 heavy (non-hydrogen) atoms. The molecular weight excluding hydrogens is 264 g/mol. The maximum Gasteiger partial charge on any atom is 0.321 e. The number of ether oxygens (including phenoxy) is 1. The van der Waals surface area contributed by atoms with Crippen LogP contribution in [0.15, 0.2) is 0 Å². The molecule has 1 saturated carbocycles. The summed E-state index contributed by atoms with van der Waals surface area (Å²) in [5.41, 5.74) is 0. The summed E-state index contributed by atoms with van der Waals surface area (Å²) >= 11 is 1.26. The van der Waals surface area contributed by atoms with Crippen LogP contribution in [0.3, 0.4) is 0 Å². The third kappa shape index (κ3) is 2.32. The molecule has 2 N–H and O–H groups in total. The van der Waals surface area contributed by atoms with Gasteiger partial charge >= 0.3 is 6.03 Å². The van der Waals surface area contributed by atoms with E-state index in [1.54, 1.807) is 0 Å². The lowest BCUT2D eigenvalue weighted by atomic mass is 9.96. The monoisotopic (exact) mass is 280 g/mol. The molecule has 3 fully saturated rings. The van der Waals surface area contributed by atoms with Gasteiger partial charge in [-0.1, -0.05) is 0 Å². The van der Waals surface area contributed by atoms with Gasteiger partial charge in [0.05, 0.1) is 18.2 Å². The third-order valence-corrected chi connectivity index (χ3v) is 4.67. The number of rotatable bonds is 3. The molecule has 0 unspecified atom stereocenters. The molecule has 0 radical (unpaired) electrons. The summed E-state index contributed by atoms with van der Waals surface area (Å²) in [6.45, 7) is 0. The minimum absolute atomic E-state index is 0.148. The van der Waals surface area contributed by atoms with Crippen molar-refractivity contribution in [3.05, 3.63) is 5.82 Å². The standard InChI is InChI=1S/C12H16N4O2S/c17-11(13-8-5-7-3-4-9(8)18-7)15-12-14-10(16-19-12)6-1-2-6/h6-9H,1-5H2,(H2,13,14,15,16,17)/t7-,8+,9+/m0/s1. The number of urea groups is 1. The van der Waals surface area contributed by atoms with Crippen LogP contribution in [0.1, 0.15) is 43.8 Å². The molecule has 0 aromatic carbocycles. The van der Waals surface area contributed by atoms with Gasteiger partial charge in [-0.25, -0.2) is 9.78 Å². The summed E-state index contributed by atoms with van der Waals surface area (Å²) in [6.07, 6.45) is 6.01. The van der Waals surface area contributed by atoms with Crippen LogP contribution in [0, 0.1) is 0 Å². The zero-order valence-electron chi connectivity index (χ0n) is 10.5. The highest BCUT2D eigenvalue weighted by molar-refractivity contribution is 7.09. The second-order valence-electron chi connectivity index (χ2n) is 5.55. The van der Waals surface area contributed by atoms with Gasteiger partial charge in [-0.3, -0.25) is 5.32 Å².